The zero-order valence-electron chi connectivity index (χ0n) is 11.6. The van der Waals surface area contributed by atoms with Crippen molar-refractivity contribution in [2.24, 2.45) is 0 Å². The lowest BCUT2D eigenvalue weighted by molar-refractivity contribution is 0.164. The minimum Gasteiger partial charge on any atom is -0.314 e. The summed E-state index contributed by atoms with van der Waals surface area (Å²) < 4.78 is 1.90. The van der Waals surface area contributed by atoms with Gasteiger partial charge < -0.3 is 9.72 Å². The minimum atomic E-state index is 0. The van der Waals surface area contributed by atoms with E-state index in [2.05, 4.69) is 22.1 Å². The van der Waals surface area contributed by atoms with Crippen molar-refractivity contribution in [3.05, 3.63) is 34.2 Å². The third-order valence-electron chi connectivity index (χ3n) is 3.53. The molecule has 3 heterocycles. The Morgan fingerprint density at radius 1 is 1.33 bits per heavy atom. The molecule has 3 rings (SSSR count). The van der Waals surface area contributed by atoms with E-state index in [-0.39, 0.29) is 24.8 Å². The Labute approximate surface area is 146 Å². The molecule has 0 bridgehead atoms. The first-order valence-electron chi connectivity index (χ1n) is 6.41. The first-order valence-corrected chi connectivity index (χ1v) is 7.16. The number of pyridine rings is 1. The highest BCUT2D eigenvalue weighted by molar-refractivity contribution is 6.36. The van der Waals surface area contributed by atoms with Gasteiger partial charge in [-0.3, -0.25) is 4.90 Å². The standard InChI is InChI=1S/C13H16Cl2N4.2ClH/c1-9-5-16-2-3-18(9)7-11-8-19-6-10(14)4-12(15)13(19)17-11;;/h4,6,8-9,16H,2-3,5,7H2,1H3;2*1H/t9-;;/m0../s1. The number of halogens is 4. The molecule has 2 aromatic heterocycles. The van der Waals surface area contributed by atoms with Gasteiger partial charge in [0, 0.05) is 44.6 Å². The average Bonchev–Trinajstić information content (AvgIpc) is 2.75. The van der Waals surface area contributed by atoms with Crippen LogP contribution in [0.15, 0.2) is 18.5 Å². The van der Waals surface area contributed by atoms with Crippen LogP contribution in [0.4, 0.5) is 0 Å². The zero-order chi connectivity index (χ0) is 13.4. The molecule has 21 heavy (non-hydrogen) atoms. The summed E-state index contributed by atoms with van der Waals surface area (Å²) in [4.78, 5) is 7.02. The highest BCUT2D eigenvalue weighted by Crippen LogP contribution is 2.22. The van der Waals surface area contributed by atoms with E-state index in [0.717, 1.165) is 37.5 Å². The molecule has 4 nitrogen and oxygen atoms in total. The van der Waals surface area contributed by atoms with E-state index >= 15 is 0 Å². The molecule has 0 aliphatic carbocycles. The molecule has 118 valence electrons. The highest BCUT2D eigenvalue weighted by Gasteiger charge is 2.19. The second kappa shape index (κ2) is 7.86. The zero-order valence-corrected chi connectivity index (χ0v) is 14.7. The van der Waals surface area contributed by atoms with Crippen LogP contribution in [0.1, 0.15) is 12.6 Å². The van der Waals surface area contributed by atoms with Gasteiger partial charge in [-0.15, -0.1) is 24.8 Å². The maximum Gasteiger partial charge on any atom is 0.156 e. The van der Waals surface area contributed by atoms with E-state index in [1.807, 2.05) is 16.8 Å². The Morgan fingerprint density at radius 2 is 2.10 bits per heavy atom. The van der Waals surface area contributed by atoms with Gasteiger partial charge >= 0.3 is 0 Å². The number of piperazine rings is 1. The monoisotopic (exact) mass is 370 g/mol. The summed E-state index contributed by atoms with van der Waals surface area (Å²) in [5.74, 6) is 0. The molecule has 0 saturated carbocycles. The third-order valence-corrected chi connectivity index (χ3v) is 4.01. The van der Waals surface area contributed by atoms with Crippen molar-refractivity contribution >= 4 is 53.7 Å². The van der Waals surface area contributed by atoms with Gasteiger partial charge in [0.25, 0.3) is 0 Å². The van der Waals surface area contributed by atoms with Gasteiger partial charge in [-0.1, -0.05) is 23.2 Å². The molecule has 1 atom stereocenters. The molecule has 0 unspecified atom stereocenters. The van der Waals surface area contributed by atoms with Crippen molar-refractivity contribution in [3.8, 4) is 0 Å². The Kier molecular flexibility index (Phi) is 7.04. The molecular weight excluding hydrogens is 354 g/mol. The topological polar surface area (TPSA) is 32.6 Å². The van der Waals surface area contributed by atoms with Crippen molar-refractivity contribution in [1.82, 2.24) is 19.6 Å². The van der Waals surface area contributed by atoms with E-state index in [0.29, 0.717) is 16.1 Å². The lowest BCUT2D eigenvalue weighted by Gasteiger charge is -2.33. The van der Waals surface area contributed by atoms with Crippen molar-refractivity contribution in [3.63, 3.8) is 0 Å². The third kappa shape index (κ3) is 4.15. The van der Waals surface area contributed by atoms with Crippen LogP contribution in [0.3, 0.4) is 0 Å². The maximum absolute atomic E-state index is 6.16. The second-order valence-corrected chi connectivity index (χ2v) is 5.84. The number of hydrogen-bond donors (Lipinski definition) is 1. The fourth-order valence-corrected chi connectivity index (χ4v) is 3.00. The van der Waals surface area contributed by atoms with Crippen LogP contribution in [0, 0.1) is 0 Å². The number of fused-ring (bicyclic) bond motifs is 1. The summed E-state index contributed by atoms with van der Waals surface area (Å²) in [6.45, 7) is 6.18. The Balaban J connectivity index is 0.00000110. The van der Waals surface area contributed by atoms with Gasteiger partial charge in [-0.25, -0.2) is 4.98 Å². The molecule has 0 radical (unpaired) electrons. The molecule has 8 heteroatoms. The molecule has 2 aromatic rings. The summed E-state index contributed by atoms with van der Waals surface area (Å²) in [7, 11) is 0. The van der Waals surface area contributed by atoms with Gasteiger partial charge in [0.2, 0.25) is 0 Å². The van der Waals surface area contributed by atoms with Crippen LogP contribution >= 0.6 is 48.0 Å². The summed E-state index contributed by atoms with van der Waals surface area (Å²) in [5.41, 5.74) is 1.79. The number of nitrogens with zero attached hydrogens (tertiary/aromatic N) is 3. The minimum absolute atomic E-state index is 0. The van der Waals surface area contributed by atoms with Crippen molar-refractivity contribution < 1.29 is 0 Å². The van der Waals surface area contributed by atoms with Gasteiger partial charge in [-0.05, 0) is 13.0 Å². The smallest absolute Gasteiger partial charge is 0.156 e. The molecule has 1 N–H and O–H groups in total. The van der Waals surface area contributed by atoms with Crippen molar-refractivity contribution in [2.45, 2.75) is 19.5 Å². The van der Waals surface area contributed by atoms with Crippen LogP contribution in [0.25, 0.3) is 5.65 Å². The largest absolute Gasteiger partial charge is 0.314 e. The molecule has 1 aliphatic heterocycles. The van der Waals surface area contributed by atoms with Crippen LogP contribution in [-0.2, 0) is 6.54 Å². The van der Waals surface area contributed by atoms with Crippen LogP contribution < -0.4 is 5.32 Å². The van der Waals surface area contributed by atoms with Gasteiger partial charge in [0.1, 0.15) is 0 Å². The predicted octanol–water partition coefficient (Wildman–Crippen LogP) is 3.28. The Hall–Kier alpha value is -0.230. The fraction of sp³-hybridized carbons (Fsp3) is 0.462. The van der Waals surface area contributed by atoms with E-state index in [1.54, 1.807) is 6.07 Å². The molecule has 0 amide bonds. The lowest BCUT2D eigenvalue weighted by Crippen LogP contribution is -2.49. The first kappa shape index (κ1) is 18.8. The normalized spacial score (nSPS) is 19.1. The van der Waals surface area contributed by atoms with E-state index in [9.17, 15) is 0 Å². The van der Waals surface area contributed by atoms with Crippen molar-refractivity contribution in [2.75, 3.05) is 19.6 Å². The van der Waals surface area contributed by atoms with E-state index in [1.165, 1.54) is 0 Å². The molecule has 1 aliphatic rings. The van der Waals surface area contributed by atoms with Gasteiger partial charge in [-0.2, -0.15) is 0 Å². The first-order chi connectivity index (χ1) is 9.13. The van der Waals surface area contributed by atoms with Crippen molar-refractivity contribution in [1.29, 1.82) is 0 Å². The summed E-state index contributed by atoms with van der Waals surface area (Å²) in [6, 6.07) is 2.25. The van der Waals surface area contributed by atoms with E-state index in [4.69, 9.17) is 23.2 Å². The predicted molar refractivity (Wildman–Crippen MR) is 92.4 cm³/mol. The number of rotatable bonds is 2. The number of hydrogen-bond acceptors (Lipinski definition) is 3. The van der Waals surface area contributed by atoms with Crippen LogP contribution in [0.2, 0.25) is 10.0 Å². The summed E-state index contributed by atoms with van der Waals surface area (Å²) in [6.07, 6.45) is 3.84. The highest BCUT2D eigenvalue weighted by atomic mass is 35.5. The SMILES string of the molecule is C[C@H]1CNCCN1Cc1cn2cc(Cl)cc(Cl)c2n1.Cl.Cl. The number of imidazole rings is 1. The molecule has 1 fully saturated rings. The van der Waals surface area contributed by atoms with Crippen LogP contribution in [0.5, 0.6) is 0 Å². The van der Waals surface area contributed by atoms with Gasteiger partial charge in [0.05, 0.1) is 15.7 Å². The molecule has 0 aromatic carbocycles. The lowest BCUT2D eigenvalue weighted by atomic mass is 10.2. The molecule has 0 spiro atoms. The maximum atomic E-state index is 6.16. The van der Waals surface area contributed by atoms with Crippen LogP contribution in [-0.4, -0.2) is 40.0 Å². The molecule has 1 saturated heterocycles. The summed E-state index contributed by atoms with van der Waals surface area (Å²) >= 11 is 12.2. The quantitative estimate of drug-likeness (QED) is 0.879. The van der Waals surface area contributed by atoms with E-state index < -0.39 is 0 Å². The Morgan fingerprint density at radius 3 is 2.81 bits per heavy atom. The fourth-order valence-electron chi connectivity index (χ4n) is 2.48. The summed E-state index contributed by atoms with van der Waals surface area (Å²) in [5, 5.41) is 4.60. The number of nitrogens with one attached hydrogen (secondary N) is 1. The molecular formula is C13H18Cl4N4. The average molecular weight is 372 g/mol. The second-order valence-electron chi connectivity index (χ2n) is 4.99. The Bertz CT molecular complexity index is 601. The number of aromatic nitrogens is 2. The van der Waals surface area contributed by atoms with Gasteiger partial charge in [0.15, 0.2) is 5.65 Å².